The first-order valence-corrected chi connectivity index (χ1v) is 10.7. The molecule has 3 aromatic rings. The van der Waals surface area contributed by atoms with Gasteiger partial charge in [-0.3, -0.25) is 4.79 Å². The molecule has 0 saturated heterocycles. The number of rotatable bonds is 4. The quantitative estimate of drug-likeness (QED) is 0.684. The summed E-state index contributed by atoms with van der Waals surface area (Å²) in [5.41, 5.74) is 3.29. The summed E-state index contributed by atoms with van der Waals surface area (Å²) in [5, 5.41) is 12.4. The van der Waals surface area contributed by atoms with E-state index in [1.54, 1.807) is 16.8 Å². The van der Waals surface area contributed by atoms with Gasteiger partial charge in [-0.1, -0.05) is 0 Å². The van der Waals surface area contributed by atoms with Gasteiger partial charge in [0.15, 0.2) is 5.69 Å². The number of hydrogen-bond acceptors (Lipinski definition) is 4. The third-order valence-electron chi connectivity index (χ3n) is 4.91. The van der Waals surface area contributed by atoms with Gasteiger partial charge in [0.25, 0.3) is 5.91 Å². The van der Waals surface area contributed by atoms with Crippen molar-refractivity contribution in [3.05, 3.63) is 71.3 Å². The smallest absolute Gasteiger partial charge is 0.276 e. The molecule has 0 fully saturated rings. The third-order valence-corrected chi connectivity index (χ3v) is 5.84. The Morgan fingerprint density at radius 3 is 2.34 bits per heavy atom. The fourth-order valence-corrected chi connectivity index (χ4v) is 4.01. The number of anilines is 1. The first-order chi connectivity index (χ1) is 13.8. The zero-order valence-corrected chi connectivity index (χ0v) is 16.2. The SMILES string of the molecule is NS(=O)(=O)c1ccc(NC(=O)c2nn(-c3ccc(F)cc3)c3c2CCCC3)cc1. The van der Waals surface area contributed by atoms with Crippen molar-refractivity contribution in [2.24, 2.45) is 5.14 Å². The van der Waals surface area contributed by atoms with Gasteiger partial charge in [0.2, 0.25) is 10.0 Å². The standard InChI is InChI=1S/C20H19FN4O3S/c21-13-5-9-15(10-6-13)25-18-4-2-1-3-17(18)19(24-25)20(26)23-14-7-11-16(12-8-14)29(22,27)28/h5-12H,1-4H2,(H,23,26)(H2,22,27,28). The minimum Gasteiger partial charge on any atom is -0.321 e. The number of aromatic nitrogens is 2. The Morgan fingerprint density at radius 1 is 1.03 bits per heavy atom. The van der Waals surface area contributed by atoms with E-state index in [0.29, 0.717) is 17.1 Å². The molecule has 2 aromatic carbocycles. The van der Waals surface area contributed by atoms with Gasteiger partial charge in [-0.15, -0.1) is 0 Å². The number of benzene rings is 2. The van der Waals surface area contributed by atoms with Crippen LogP contribution in [0.5, 0.6) is 0 Å². The van der Waals surface area contributed by atoms with Gasteiger partial charge in [0, 0.05) is 16.9 Å². The van der Waals surface area contributed by atoms with Crippen LogP contribution in [0.2, 0.25) is 0 Å². The number of fused-ring (bicyclic) bond motifs is 1. The Hall–Kier alpha value is -3.04. The molecule has 4 rings (SSSR count). The van der Waals surface area contributed by atoms with Crippen molar-refractivity contribution < 1.29 is 17.6 Å². The zero-order chi connectivity index (χ0) is 20.6. The van der Waals surface area contributed by atoms with Gasteiger partial charge in [-0.2, -0.15) is 5.10 Å². The van der Waals surface area contributed by atoms with Crippen LogP contribution in [0.4, 0.5) is 10.1 Å². The molecular formula is C20H19FN4O3S. The number of amides is 1. The summed E-state index contributed by atoms with van der Waals surface area (Å²) >= 11 is 0. The molecule has 1 amide bonds. The van der Waals surface area contributed by atoms with Crippen molar-refractivity contribution in [3.63, 3.8) is 0 Å². The lowest BCUT2D eigenvalue weighted by Gasteiger charge is -2.14. The molecule has 1 aromatic heterocycles. The molecule has 9 heteroatoms. The van der Waals surface area contributed by atoms with Crippen molar-refractivity contribution in [1.29, 1.82) is 0 Å². The number of carbonyl (C=O) groups excluding carboxylic acids is 1. The number of sulfonamides is 1. The van der Waals surface area contributed by atoms with Crippen LogP contribution in [0, 0.1) is 5.82 Å². The van der Waals surface area contributed by atoms with E-state index in [-0.39, 0.29) is 16.6 Å². The first-order valence-electron chi connectivity index (χ1n) is 9.14. The van der Waals surface area contributed by atoms with E-state index >= 15 is 0 Å². The van der Waals surface area contributed by atoms with E-state index in [9.17, 15) is 17.6 Å². The minimum absolute atomic E-state index is 0.0338. The molecule has 1 aliphatic rings. The fourth-order valence-electron chi connectivity index (χ4n) is 3.50. The largest absolute Gasteiger partial charge is 0.321 e. The molecule has 0 spiro atoms. The summed E-state index contributed by atoms with van der Waals surface area (Å²) in [6.45, 7) is 0. The summed E-state index contributed by atoms with van der Waals surface area (Å²) < 4.78 is 37.7. The number of nitrogens with one attached hydrogen (secondary N) is 1. The highest BCUT2D eigenvalue weighted by Crippen LogP contribution is 2.27. The molecule has 0 atom stereocenters. The Kier molecular flexibility index (Phi) is 4.93. The van der Waals surface area contributed by atoms with Crippen molar-refractivity contribution in [2.45, 2.75) is 30.6 Å². The highest BCUT2D eigenvalue weighted by molar-refractivity contribution is 7.89. The highest BCUT2D eigenvalue weighted by atomic mass is 32.2. The predicted octanol–water partition coefficient (Wildman–Crippen LogP) is 2.79. The average molecular weight is 414 g/mol. The van der Waals surface area contributed by atoms with Crippen LogP contribution in [0.15, 0.2) is 53.4 Å². The summed E-state index contributed by atoms with van der Waals surface area (Å²) in [7, 11) is -3.80. The molecule has 1 heterocycles. The fraction of sp³-hybridized carbons (Fsp3) is 0.200. The Balaban J connectivity index is 1.66. The maximum Gasteiger partial charge on any atom is 0.276 e. The number of hydrogen-bond donors (Lipinski definition) is 2. The van der Waals surface area contributed by atoms with E-state index in [4.69, 9.17) is 5.14 Å². The molecule has 1 aliphatic carbocycles. The molecule has 3 N–H and O–H groups in total. The Morgan fingerprint density at radius 2 is 1.69 bits per heavy atom. The monoisotopic (exact) mass is 414 g/mol. The van der Waals surface area contributed by atoms with Gasteiger partial charge in [0.05, 0.1) is 10.6 Å². The van der Waals surface area contributed by atoms with Gasteiger partial charge < -0.3 is 5.32 Å². The van der Waals surface area contributed by atoms with Crippen LogP contribution in [-0.4, -0.2) is 24.1 Å². The lowest BCUT2D eigenvalue weighted by Crippen LogP contribution is -2.16. The Labute approximate surface area is 167 Å². The lowest BCUT2D eigenvalue weighted by atomic mass is 9.95. The third kappa shape index (κ3) is 3.92. The summed E-state index contributed by atoms with van der Waals surface area (Å²) in [5.74, 6) is -0.719. The average Bonchev–Trinajstić information content (AvgIpc) is 3.08. The normalized spacial score (nSPS) is 13.7. The van der Waals surface area contributed by atoms with Crippen molar-refractivity contribution in [1.82, 2.24) is 9.78 Å². The van der Waals surface area contributed by atoms with Gasteiger partial charge >= 0.3 is 0 Å². The summed E-state index contributed by atoms with van der Waals surface area (Å²) in [4.78, 5) is 12.8. The number of primary sulfonamides is 1. The molecule has 7 nitrogen and oxygen atoms in total. The van der Waals surface area contributed by atoms with Crippen LogP contribution in [0.25, 0.3) is 5.69 Å². The molecule has 29 heavy (non-hydrogen) atoms. The van der Waals surface area contributed by atoms with Crippen LogP contribution < -0.4 is 10.5 Å². The maximum atomic E-state index is 13.3. The van der Waals surface area contributed by atoms with Crippen LogP contribution in [0.3, 0.4) is 0 Å². The number of nitrogens with two attached hydrogens (primary N) is 1. The van der Waals surface area contributed by atoms with Crippen LogP contribution in [0.1, 0.15) is 34.6 Å². The molecule has 150 valence electrons. The van der Waals surface area contributed by atoms with Crippen LogP contribution >= 0.6 is 0 Å². The predicted molar refractivity (Wildman–Crippen MR) is 106 cm³/mol. The second kappa shape index (κ2) is 7.41. The topological polar surface area (TPSA) is 107 Å². The van der Waals surface area contributed by atoms with Crippen molar-refractivity contribution >= 4 is 21.6 Å². The van der Waals surface area contributed by atoms with Gasteiger partial charge in [-0.05, 0) is 74.2 Å². The number of nitrogens with zero attached hydrogens (tertiary/aromatic N) is 2. The minimum atomic E-state index is -3.80. The van der Waals surface area contributed by atoms with E-state index in [1.165, 1.54) is 36.4 Å². The molecule has 0 radical (unpaired) electrons. The van der Waals surface area contributed by atoms with Gasteiger partial charge in [-0.25, -0.2) is 22.6 Å². The van der Waals surface area contributed by atoms with Crippen molar-refractivity contribution in [3.8, 4) is 5.69 Å². The summed E-state index contributed by atoms with van der Waals surface area (Å²) in [6.07, 6.45) is 3.49. The first kappa shape index (κ1) is 19.3. The van der Waals surface area contributed by atoms with Crippen molar-refractivity contribution in [2.75, 3.05) is 5.32 Å². The molecule has 0 unspecified atom stereocenters. The highest BCUT2D eigenvalue weighted by Gasteiger charge is 2.25. The number of halogens is 1. The number of carbonyl (C=O) groups is 1. The lowest BCUT2D eigenvalue weighted by molar-refractivity contribution is 0.102. The molecule has 0 aliphatic heterocycles. The van der Waals surface area contributed by atoms with Crippen LogP contribution in [-0.2, 0) is 22.9 Å². The van der Waals surface area contributed by atoms with E-state index in [0.717, 1.165) is 36.9 Å². The van der Waals surface area contributed by atoms with E-state index in [2.05, 4.69) is 10.4 Å². The molecule has 0 bridgehead atoms. The maximum absolute atomic E-state index is 13.3. The molecular weight excluding hydrogens is 395 g/mol. The Bertz CT molecular complexity index is 1170. The molecule has 0 saturated carbocycles. The second-order valence-corrected chi connectivity index (χ2v) is 8.45. The second-order valence-electron chi connectivity index (χ2n) is 6.89. The van der Waals surface area contributed by atoms with E-state index in [1.807, 2.05) is 0 Å². The zero-order valence-electron chi connectivity index (χ0n) is 15.4. The van der Waals surface area contributed by atoms with Gasteiger partial charge in [0.1, 0.15) is 5.82 Å². The summed E-state index contributed by atoms with van der Waals surface area (Å²) in [6, 6.07) is 11.6. The van der Waals surface area contributed by atoms with E-state index < -0.39 is 10.0 Å².